The maximum atomic E-state index is 13.2. The summed E-state index contributed by atoms with van der Waals surface area (Å²) in [5.74, 6) is -2.59. The first-order valence-corrected chi connectivity index (χ1v) is 11.9. The molecule has 0 aliphatic heterocycles. The number of nitriles is 1. The molecule has 0 fully saturated rings. The van der Waals surface area contributed by atoms with E-state index in [1.54, 1.807) is 30.3 Å². The van der Waals surface area contributed by atoms with Gasteiger partial charge in [-0.25, -0.2) is 4.79 Å². The number of fused-ring (bicyclic) bond motifs is 1. The van der Waals surface area contributed by atoms with E-state index in [9.17, 15) is 24.3 Å². The van der Waals surface area contributed by atoms with Crippen molar-refractivity contribution in [2.45, 2.75) is 26.7 Å². The number of carbonyl (C=O) groups excluding carboxylic acids is 3. The van der Waals surface area contributed by atoms with Gasteiger partial charge in [-0.3, -0.25) is 14.4 Å². The van der Waals surface area contributed by atoms with E-state index in [0.717, 1.165) is 6.07 Å². The highest BCUT2D eigenvalue weighted by Crippen LogP contribution is 2.38. The van der Waals surface area contributed by atoms with Crippen LogP contribution in [0, 0.1) is 11.3 Å². The van der Waals surface area contributed by atoms with Crippen molar-refractivity contribution in [1.29, 1.82) is 5.26 Å². The summed E-state index contributed by atoms with van der Waals surface area (Å²) >= 11 is 0. The minimum atomic E-state index is -1.32. The Morgan fingerprint density at radius 3 is 2.41 bits per heavy atom. The van der Waals surface area contributed by atoms with E-state index in [0.29, 0.717) is 34.3 Å². The summed E-state index contributed by atoms with van der Waals surface area (Å²) in [4.78, 5) is 49.2. The summed E-state index contributed by atoms with van der Waals surface area (Å²) < 4.78 is 5.40. The van der Waals surface area contributed by atoms with Crippen LogP contribution in [0.15, 0.2) is 59.1 Å². The lowest BCUT2D eigenvalue weighted by molar-refractivity contribution is -0.116. The first-order valence-electron chi connectivity index (χ1n) is 11.9. The second-order valence-electron chi connectivity index (χ2n) is 8.58. The van der Waals surface area contributed by atoms with Crippen molar-refractivity contribution in [2.24, 2.45) is 0 Å². The monoisotopic (exact) mass is 525 g/mol. The lowest BCUT2D eigenvalue weighted by Gasteiger charge is -2.15. The number of amides is 3. The van der Waals surface area contributed by atoms with Crippen LogP contribution in [0.25, 0.3) is 22.1 Å². The van der Waals surface area contributed by atoms with Gasteiger partial charge in [-0.2, -0.15) is 5.26 Å². The van der Waals surface area contributed by atoms with Gasteiger partial charge in [0.05, 0.1) is 34.0 Å². The van der Waals surface area contributed by atoms with Crippen molar-refractivity contribution in [3.05, 3.63) is 71.4 Å². The number of carbonyl (C=O) groups is 4. The fourth-order valence-corrected chi connectivity index (χ4v) is 4.01. The normalized spacial score (nSPS) is 10.5. The highest BCUT2D eigenvalue weighted by molar-refractivity contribution is 6.14. The number of nitrogens with one attached hydrogen (secondary N) is 3. The van der Waals surface area contributed by atoms with Crippen LogP contribution in [-0.4, -0.2) is 34.0 Å². The summed E-state index contributed by atoms with van der Waals surface area (Å²) in [5.41, 5.74) is 1.86. The van der Waals surface area contributed by atoms with E-state index >= 15 is 0 Å². The number of benzene rings is 3. The molecule has 0 aliphatic rings. The lowest BCUT2D eigenvalue weighted by atomic mass is 9.98. The maximum Gasteiger partial charge on any atom is 0.337 e. The predicted octanol–water partition coefficient (Wildman–Crippen LogP) is 5.01. The second kappa shape index (κ2) is 11.3. The molecule has 1 aromatic heterocycles. The van der Waals surface area contributed by atoms with Gasteiger partial charge in [-0.1, -0.05) is 30.3 Å². The van der Waals surface area contributed by atoms with Crippen LogP contribution in [0.2, 0.25) is 0 Å². The molecular weight excluding hydrogens is 502 g/mol. The molecule has 0 unspecified atom stereocenters. The molecule has 11 nitrogen and oxygen atoms in total. The van der Waals surface area contributed by atoms with Crippen molar-refractivity contribution < 1.29 is 28.8 Å². The number of aromatic nitrogens is 1. The zero-order valence-electron chi connectivity index (χ0n) is 21.0. The molecule has 39 heavy (non-hydrogen) atoms. The van der Waals surface area contributed by atoms with Crippen molar-refractivity contribution in [3.63, 3.8) is 0 Å². The minimum Gasteiger partial charge on any atom is -0.478 e. The standard InChI is InChI=1S/C28H23N5O6/c1-3-6-25(35)31-23-13-24-20(12-18(23)17-7-4-5-8-21(17)30-15(2)34)26(33-39-24)27(36)32-22-10-9-16(14-29)11-19(22)28(37)38/h4-5,7-13H,3,6H2,1-2H3,(H,30,34)(H,31,35)(H,32,36)(H,37,38). The largest absolute Gasteiger partial charge is 0.478 e. The van der Waals surface area contributed by atoms with E-state index in [-0.39, 0.29) is 46.3 Å². The van der Waals surface area contributed by atoms with Crippen LogP contribution in [0.5, 0.6) is 0 Å². The molecule has 0 saturated carbocycles. The Hall–Kier alpha value is -5.50. The molecule has 4 rings (SSSR count). The van der Waals surface area contributed by atoms with E-state index in [1.165, 1.54) is 25.1 Å². The summed E-state index contributed by atoms with van der Waals surface area (Å²) in [7, 11) is 0. The molecule has 0 saturated heterocycles. The van der Waals surface area contributed by atoms with Crippen LogP contribution >= 0.6 is 0 Å². The van der Waals surface area contributed by atoms with Crippen LogP contribution in [0.4, 0.5) is 17.1 Å². The Balaban J connectivity index is 1.82. The first kappa shape index (κ1) is 26.6. The maximum absolute atomic E-state index is 13.2. The van der Waals surface area contributed by atoms with Crippen molar-refractivity contribution >= 4 is 51.7 Å². The Morgan fingerprint density at radius 1 is 0.949 bits per heavy atom. The molecule has 4 N–H and O–H groups in total. The Labute approximate surface area is 222 Å². The van der Waals surface area contributed by atoms with E-state index in [1.807, 2.05) is 13.0 Å². The van der Waals surface area contributed by atoms with Crippen LogP contribution in [-0.2, 0) is 9.59 Å². The number of para-hydroxylation sites is 1. The molecule has 196 valence electrons. The third kappa shape index (κ3) is 5.75. The fraction of sp³-hybridized carbons (Fsp3) is 0.143. The van der Waals surface area contributed by atoms with E-state index in [2.05, 4.69) is 21.1 Å². The number of carboxylic acid groups (broad SMARTS) is 1. The lowest BCUT2D eigenvalue weighted by Crippen LogP contribution is -2.16. The van der Waals surface area contributed by atoms with Gasteiger partial charge in [0, 0.05) is 36.2 Å². The van der Waals surface area contributed by atoms with Crippen LogP contribution in [0.3, 0.4) is 0 Å². The summed E-state index contributed by atoms with van der Waals surface area (Å²) in [5, 5.41) is 30.9. The molecule has 11 heteroatoms. The molecule has 0 bridgehead atoms. The Morgan fingerprint density at radius 2 is 1.72 bits per heavy atom. The second-order valence-corrected chi connectivity index (χ2v) is 8.58. The topological polar surface area (TPSA) is 174 Å². The van der Waals surface area contributed by atoms with Gasteiger partial charge >= 0.3 is 5.97 Å². The average molecular weight is 526 g/mol. The number of anilines is 3. The quantitative estimate of drug-likeness (QED) is 0.248. The molecule has 0 radical (unpaired) electrons. The third-order valence-electron chi connectivity index (χ3n) is 5.73. The molecule has 0 atom stereocenters. The molecule has 3 amide bonds. The number of hydrogen-bond donors (Lipinski definition) is 4. The van der Waals surface area contributed by atoms with Gasteiger partial charge in [0.2, 0.25) is 11.8 Å². The molecule has 0 spiro atoms. The van der Waals surface area contributed by atoms with Crippen molar-refractivity contribution in [2.75, 3.05) is 16.0 Å². The van der Waals surface area contributed by atoms with Gasteiger partial charge < -0.3 is 25.6 Å². The van der Waals surface area contributed by atoms with E-state index in [4.69, 9.17) is 9.78 Å². The zero-order valence-corrected chi connectivity index (χ0v) is 21.0. The van der Waals surface area contributed by atoms with Crippen LogP contribution in [0.1, 0.15) is 53.1 Å². The molecular formula is C28H23N5O6. The van der Waals surface area contributed by atoms with E-state index < -0.39 is 11.9 Å². The van der Waals surface area contributed by atoms with Gasteiger partial charge in [0.25, 0.3) is 5.91 Å². The number of carboxylic acids is 1. The van der Waals surface area contributed by atoms with Gasteiger partial charge in [-0.15, -0.1) is 0 Å². The van der Waals surface area contributed by atoms with Gasteiger partial charge in [0.15, 0.2) is 11.3 Å². The van der Waals surface area contributed by atoms with Gasteiger partial charge in [-0.05, 0) is 36.8 Å². The number of nitrogens with zero attached hydrogens (tertiary/aromatic N) is 2. The smallest absolute Gasteiger partial charge is 0.337 e. The van der Waals surface area contributed by atoms with Gasteiger partial charge in [0.1, 0.15) is 0 Å². The SMILES string of the molecule is CCCC(=O)Nc1cc2onc(C(=O)Nc3ccc(C#N)cc3C(=O)O)c2cc1-c1ccccc1NC(C)=O. The highest BCUT2D eigenvalue weighted by atomic mass is 16.5. The van der Waals surface area contributed by atoms with Crippen molar-refractivity contribution in [3.8, 4) is 17.2 Å². The zero-order chi connectivity index (χ0) is 28.1. The minimum absolute atomic E-state index is 0.0256. The Kier molecular flexibility index (Phi) is 7.67. The third-order valence-corrected chi connectivity index (χ3v) is 5.73. The highest BCUT2D eigenvalue weighted by Gasteiger charge is 2.23. The Bertz CT molecular complexity index is 1670. The molecule has 4 aromatic rings. The average Bonchev–Trinajstić information content (AvgIpc) is 3.31. The summed E-state index contributed by atoms with van der Waals surface area (Å²) in [6.07, 6.45) is 0.914. The summed E-state index contributed by atoms with van der Waals surface area (Å²) in [6, 6.07) is 15.8. The predicted molar refractivity (Wildman–Crippen MR) is 143 cm³/mol. The molecule has 0 aliphatic carbocycles. The molecule has 1 heterocycles. The first-order chi connectivity index (χ1) is 18.7. The van der Waals surface area contributed by atoms with Crippen LogP contribution < -0.4 is 16.0 Å². The fourth-order valence-electron chi connectivity index (χ4n) is 4.01. The van der Waals surface area contributed by atoms with Crippen molar-refractivity contribution in [1.82, 2.24) is 5.16 Å². The summed E-state index contributed by atoms with van der Waals surface area (Å²) in [6.45, 7) is 3.25. The number of aromatic carboxylic acids is 1. The number of rotatable bonds is 8. The number of hydrogen-bond acceptors (Lipinski definition) is 7. The molecule has 3 aromatic carbocycles.